The predicted octanol–water partition coefficient (Wildman–Crippen LogP) is 4.22. The number of aryl methyl sites for hydroxylation is 2. The molecular formula is C20H23N3O3S. The van der Waals surface area contributed by atoms with Gasteiger partial charge in [-0.1, -0.05) is 25.8 Å². The monoisotopic (exact) mass is 385 g/mol. The molecule has 27 heavy (non-hydrogen) atoms. The van der Waals surface area contributed by atoms with Gasteiger partial charge in [-0.15, -0.1) is 11.3 Å². The lowest BCUT2D eigenvalue weighted by Gasteiger charge is -2.06. The van der Waals surface area contributed by atoms with Crippen molar-refractivity contribution in [2.24, 2.45) is 0 Å². The van der Waals surface area contributed by atoms with Gasteiger partial charge in [-0.2, -0.15) is 0 Å². The third-order valence-electron chi connectivity index (χ3n) is 4.45. The minimum atomic E-state index is -0.249. The van der Waals surface area contributed by atoms with Gasteiger partial charge >= 0.3 is 0 Å². The number of nitrogens with zero attached hydrogens (tertiary/aromatic N) is 2. The van der Waals surface area contributed by atoms with Crippen LogP contribution in [-0.2, 0) is 6.54 Å². The number of carbonyl (C=O) groups excluding carboxylic acids is 1. The zero-order valence-electron chi connectivity index (χ0n) is 15.7. The smallest absolute Gasteiger partial charge is 0.266 e. The van der Waals surface area contributed by atoms with Gasteiger partial charge in [0.2, 0.25) is 0 Å². The van der Waals surface area contributed by atoms with Crippen molar-refractivity contribution in [2.75, 3.05) is 12.4 Å². The van der Waals surface area contributed by atoms with E-state index in [-0.39, 0.29) is 11.5 Å². The SMILES string of the molecule is CCCCCn1cnc2sc(C(=O)Nc3cccc(OC)c3)c(C)c2c1=O. The van der Waals surface area contributed by atoms with Crippen molar-refractivity contribution in [3.8, 4) is 5.75 Å². The Balaban J connectivity index is 1.90. The maximum Gasteiger partial charge on any atom is 0.266 e. The lowest BCUT2D eigenvalue weighted by molar-refractivity contribution is 0.103. The summed E-state index contributed by atoms with van der Waals surface area (Å²) < 4.78 is 6.82. The summed E-state index contributed by atoms with van der Waals surface area (Å²) >= 11 is 1.24. The Kier molecular flexibility index (Phi) is 5.91. The molecule has 0 aliphatic carbocycles. The van der Waals surface area contributed by atoms with Gasteiger partial charge in [0.05, 0.1) is 23.7 Å². The fourth-order valence-corrected chi connectivity index (χ4v) is 3.99. The number of amides is 1. The molecule has 0 saturated heterocycles. The number of unbranched alkanes of at least 4 members (excludes halogenated alkanes) is 2. The van der Waals surface area contributed by atoms with Crippen molar-refractivity contribution in [3.05, 3.63) is 51.4 Å². The number of carbonyl (C=O) groups is 1. The van der Waals surface area contributed by atoms with E-state index in [2.05, 4.69) is 17.2 Å². The van der Waals surface area contributed by atoms with Crippen LogP contribution in [0.3, 0.4) is 0 Å². The van der Waals surface area contributed by atoms with Gasteiger partial charge in [0, 0.05) is 18.3 Å². The summed E-state index contributed by atoms with van der Waals surface area (Å²) in [6.45, 7) is 4.58. The Labute approximate surface area is 161 Å². The number of methoxy groups -OCH3 is 1. The molecule has 0 aliphatic heterocycles. The molecule has 0 aliphatic rings. The van der Waals surface area contributed by atoms with Crippen LogP contribution in [0.5, 0.6) is 5.75 Å². The maximum atomic E-state index is 12.8. The molecule has 0 atom stereocenters. The number of ether oxygens (including phenoxy) is 1. The van der Waals surface area contributed by atoms with E-state index in [1.54, 1.807) is 37.1 Å². The van der Waals surface area contributed by atoms with Gasteiger partial charge < -0.3 is 10.1 Å². The first-order valence-corrected chi connectivity index (χ1v) is 9.80. The number of nitrogens with one attached hydrogen (secondary N) is 1. The molecular weight excluding hydrogens is 362 g/mol. The number of thiophene rings is 1. The van der Waals surface area contributed by atoms with Crippen LogP contribution >= 0.6 is 11.3 Å². The van der Waals surface area contributed by atoms with Crippen molar-refractivity contribution in [1.29, 1.82) is 0 Å². The minimum Gasteiger partial charge on any atom is -0.497 e. The fourth-order valence-electron chi connectivity index (χ4n) is 2.96. The summed E-state index contributed by atoms with van der Waals surface area (Å²) in [6, 6.07) is 7.16. The number of benzene rings is 1. The summed E-state index contributed by atoms with van der Waals surface area (Å²) in [5.41, 5.74) is 1.24. The van der Waals surface area contributed by atoms with Gasteiger partial charge in [0.1, 0.15) is 10.6 Å². The van der Waals surface area contributed by atoms with Gasteiger partial charge in [0.15, 0.2) is 0 Å². The fraction of sp³-hybridized carbons (Fsp3) is 0.350. The Morgan fingerprint density at radius 2 is 2.15 bits per heavy atom. The zero-order valence-corrected chi connectivity index (χ0v) is 16.6. The number of hydrogen-bond donors (Lipinski definition) is 1. The van der Waals surface area contributed by atoms with E-state index >= 15 is 0 Å². The summed E-state index contributed by atoms with van der Waals surface area (Å²) in [6.07, 6.45) is 4.69. The van der Waals surface area contributed by atoms with Gasteiger partial charge in [-0.05, 0) is 31.0 Å². The van der Waals surface area contributed by atoms with Gasteiger partial charge in [-0.25, -0.2) is 4.98 Å². The normalized spacial score (nSPS) is 10.9. The number of aromatic nitrogens is 2. The molecule has 0 saturated carbocycles. The lowest BCUT2D eigenvalue weighted by atomic mass is 10.2. The van der Waals surface area contributed by atoms with Gasteiger partial charge in [0.25, 0.3) is 11.5 Å². The van der Waals surface area contributed by atoms with Gasteiger partial charge in [-0.3, -0.25) is 14.2 Å². The average Bonchev–Trinajstić information content (AvgIpc) is 3.01. The van der Waals surface area contributed by atoms with E-state index in [4.69, 9.17) is 4.74 Å². The molecule has 1 N–H and O–H groups in total. The van der Waals surface area contributed by atoms with Crippen molar-refractivity contribution in [3.63, 3.8) is 0 Å². The number of rotatable bonds is 7. The highest BCUT2D eigenvalue weighted by atomic mass is 32.1. The average molecular weight is 385 g/mol. The van der Waals surface area contributed by atoms with E-state index in [0.717, 1.165) is 19.3 Å². The van der Waals surface area contributed by atoms with Crippen LogP contribution in [0, 0.1) is 6.92 Å². The molecule has 7 heteroatoms. The number of hydrogen-bond acceptors (Lipinski definition) is 5. The minimum absolute atomic E-state index is 0.0784. The number of anilines is 1. The van der Waals surface area contributed by atoms with Crippen LogP contribution in [0.25, 0.3) is 10.2 Å². The predicted molar refractivity (Wildman–Crippen MR) is 109 cm³/mol. The second-order valence-electron chi connectivity index (χ2n) is 6.37. The quantitative estimate of drug-likeness (QED) is 0.618. The molecule has 0 spiro atoms. The van der Waals surface area contributed by atoms with Crippen LogP contribution in [0.4, 0.5) is 5.69 Å². The number of fused-ring (bicyclic) bond motifs is 1. The first-order chi connectivity index (χ1) is 13.0. The van der Waals surface area contributed by atoms with Crippen molar-refractivity contribution < 1.29 is 9.53 Å². The Morgan fingerprint density at radius 3 is 2.89 bits per heavy atom. The largest absolute Gasteiger partial charge is 0.497 e. The molecule has 142 valence electrons. The van der Waals surface area contributed by atoms with Crippen molar-refractivity contribution in [2.45, 2.75) is 39.7 Å². The summed E-state index contributed by atoms with van der Waals surface area (Å²) in [4.78, 5) is 31.0. The van der Waals surface area contributed by atoms with Crippen molar-refractivity contribution >= 4 is 33.1 Å². The molecule has 6 nitrogen and oxygen atoms in total. The maximum absolute atomic E-state index is 12.8. The van der Waals surface area contributed by atoms with Crippen LogP contribution in [0.2, 0.25) is 0 Å². The first-order valence-electron chi connectivity index (χ1n) is 8.99. The van der Waals surface area contributed by atoms with E-state index in [9.17, 15) is 9.59 Å². The Morgan fingerprint density at radius 1 is 1.33 bits per heavy atom. The van der Waals surface area contributed by atoms with Crippen LogP contribution < -0.4 is 15.6 Å². The van der Waals surface area contributed by atoms with E-state index < -0.39 is 0 Å². The molecule has 0 bridgehead atoms. The van der Waals surface area contributed by atoms with E-state index in [1.807, 2.05) is 12.1 Å². The second-order valence-corrected chi connectivity index (χ2v) is 7.37. The molecule has 1 aromatic carbocycles. The zero-order chi connectivity index (χ0) is 19.4. The molecule has 0 radical (unpaired) electrons. The molecule has 1 amide bonds. The van der Waals surface area contributed by atoms with Crippen LogP contribution in [-0.4, -0.2) is 22.6 Å². The topological polar surface area (TPSA) is 73.2 Å². The molecule has 0 unspecified atom stereocenters. The highest BCUT2D eigenvalue weighted by Gasteiger charge is 2.19. The molecule has 3 aromatic rings. The molecule has 0 fully saturated rings. The van der Waals surface area contributed by atoms with E-state index in [0.29, 0.717) is 38.6 Å². The highest BCUT2D eigenvalue weighted by Crippen LogP contribution is 2.28. The Bertz CT molecular complexity index is 1020. The summed E-state index contributed by atoms with van der Waals surface area (Å²) in [7, 11) is 1.58. The van der Waals surface area contributed by atoms with Crippen LogP contribution in [0.15, 0.2) is 35.4 Å². The third kappa shape index (κ3) is 4.03. The third-order valence-corrected chi connectivity index (χ3v) is 5.65. The highest BCUT2D eigenvalue weighted by molar-refractivity contribution is 7.20. The van der Waals surface area contributed by atoms with Crippen molar-refractivity contribution in [1.82, 2.24) is 9.55 Å². The second kappa shape index (κ2) is 8.35. The molecule has 3 rings (SSSR count). The molecule has 2 aromatic heterocycles. The van der Waals surface area contributed by atoms with E-state index in [1.165, 1.54) is 11.3 Å². The Hall–Kier alpha value is -2.67. The van der Waals surface area contributed by atoms with Crippen LogP contribution in [0.1, 0.15) is 41.4 Å². The molecule has 2 heterocycles. The lowest BCUT2D eigenvalue weighted by Crippen LogP contribution is -2.20. The summed E-state index contributed by atoms with van der Waals surface area (Å²) in [5, 5.41) is 3.40. The standard InChI is InChI=1S/C20H23N3O3S/c1-4-5-6-10-23-12-21-19-16(20(23)25)13(2)17(27-19)18(24)22-14-8-7-9-15(11-14)26-3/h7-9,11-12H,4-6,10H2,1-3H3,(H,22,24). The summed E-state index contributed by atoms with van der Waals surface area (Å²) in [5.74, 6) is 0.415. The first kappa shape index (κ1) is 19.1.